The Kier molecular flexibility index (Phi) is 7.06. The Hall–Kier alpha value is -2.29. The number of benzene rings is 2. The van der Waals surface area contributed by atoms with Crippen LogP contribution in [0.4, 0.5) is 4.39 Å². The first-order valence-electron chi connectivity index (χ1n) is 8.46. The van der Waals surface area contributed by atoms with Gasteiger partial charge < -0.3 is 10.4 Å². The molecule has 0 aromatic heterocycles. The summed E-state index contributed by atoms with van der Waals surface area (Å²) in [7, 11) is -3.70. The van der Waals surface area contributed by atoms with Gasteiger partial charge in [0.1, 0.15) is 5.82 Å². The van der Waals surface area contributed by atoms with E-state index in [1.54, 1.807) is 18.2 Å². The van der Waals surface area contributed by atoms with E-state index in [4.69, 9.17) is 0 Å². The third-order valence-corrected chi connectivity index (χ3v) is 5.62. The van der Waals surface area contributed by atoms with Gasteiger partial charge in [-0.15, -0.1) is 0 Å². The van der Waals surface area contributed by atoms with Crippen LogP contribution in [0.1, 0.15) is 29.2 Å². The number of rotatable bonds is 8. The molecule has 1 atom stereocenters. The molecule has 8 heteroatoms. The van der Waals surface area contributed by atoms with Crippen molar-refractivity contribution < 1.29 is 22.7 Å². The maximum Gasteiger partial charge on any atom is 0.240 e. The molecule has 2 aromatic rings. The molecule has 0 aliphatic heterocycles. The zero-order chi connectivity index (χ0) is 20.0. The Balaban J connectivity index is 1.80. The van der Waals surface area contributed by atoms with Crippen LogP contribution in [-0.2, 0) is 14.8 Å². The molecule has 6 nitrogen and oxygen atoms in total. The molecule has 0 spiro atoms. The first kappa shape index (κ1) is 21.0. The lowest BCUT2D eigenvalue weighted by atomic mass is 10.1. The van der Waals surface area contributed by atoms with Crippen molar-refractivity contribution in [3.05, 3.63) is 65.0 Å². The van der Waals surface area contributed by atoms with Crippen LogP contribution in [0.2, 0.25) is 0 Å². The van der Waals surface area contributed by atoms with E-state index in [9.17, 15) is 22.7 Å². The summed E-state index contributed by atoms with van der Waals surface area (Å²) < 4.78 is 40.0. The fourth-order valence-electron chi connectivity index (χ4n) is 2.39. The van der Waals surface area contributed by atoms with Gasteiger partial charge in [0, 0.05) is 19.5 Å². The van der Waals surface area contributed by atoms with Gasteiger partial charge in [0.15, 0.2) is 0 Å². The number of nitrogens with one attached hydrogen (secondary N) is 2. The van der Waals surface area contributed by atoms with Crippen molar-refractivity contribution in [3.8, 4) is 0 Å². The zero-order valence-corrected chi connectivity index (χ0v) is 16.0. The van der Waals surface area contributed by atoms with Gasteiger partial charge >= 0.3 is 0 Å². The molecular formula is C19H23FN2O4S. The highest BCUT2D eigenvalue weighted by atomic mass is 32.2. The van der Waals surface area contributed by atoms with Crippen molar-refractivity contribution in [2.75, 3.05) is 13.1 Å². The number of aliphatic hydroxyl groups excluding tert-OH is 1. The predicted octanol–water partition coefficient (Wildman–Crippen LogP) is 1.96. The Morgan fingerprint density at radius 2 is 1.89 bits per heavy atom. The molecule has 1 amide bonds. The number of carbonyl (C=O) groups excluding carboxylic acids is 1. The van der Waals surface area contributed by atoms with E-state index in [1.807, 2.05) is 13.8 Å². The van der Waals surface area contributed by atoms with Crippen LogP contribution in [0.3, 0.4) is 0 Å². The van der Waals surface area contributed by atoms with E-state index >= 15 is 0 Å². The highest BCUT2D eigenvalue weighted by Crippen LogP contribution is 2.15. The number of hydrogen-bond donors (Lipinski definition) is 3. The van der Waals surface area contributed by atoms with Crippen molar-refractivity contribution >= 4 is 15.9 Å². The van der Waals surface area contributed by atoms with E-state index in [0.717, 1.165) is 11.1 Å². The summed E-state index contributed by atoms with van der Waals surface area (Å²) in [6, 6.07) is 10.3. The SMILES string of the molecule is Cc1ccc(S(=O)(=O)NCCC(=O)NCC(O)c2cccc(F)c2)cc1C. The molecule has 0 saturated carbocycles. The first-order chi connectivity index (χ1) is 12.7. The van der Waals surface area contributed by atoms with Crippen LogP contribution < -0.4 is 10.0 Å². The fourth-order valence-corrected chi connectivity index (χ4v) is 3.51. The summed E-state index contributed by atoms with van der Waals surface area (Å²) in [5.41, 5.74) is 2.21. The number of aliphatic hydroxyl groups is 1. The Labute approximate surface area is 158 Å². The lowest BCUT2D eigenvalue weighted by Gasteiger charge is -2.13. The van der Waals surface area contributed by atoms with Crippen LogP contribution in [0.25, 0.3) is 0 Å². The summed E-state index contributed by atoms with van der Waals surface area (Å²) in [5, 5.41) is 12.4. The summed E-state index contributed by atoms with van der Waals surface area (Å²) in [6.45, 7) is 3.55. The summed E-state index contributed by atoms with van der Waals surface area (Å²) in [6.07, 6.45) is -1.13. The van der Waals surface area contributed by atoms with Crippen molar-refractivity contribution in [2.45, 2.75) is 31.3 Å². The molecule has 0 aliphatic rings. The molecule has 27 heavy (non-hydrogen) atoms. The predicted molar refractivity (Wildman–Crippen MR) is 100 cm³/mol. The highest BCUT2D eigenvalue weighted by Gasteiger charge is 2.15. The van der Waals surface area contributed by atoms with E-state index < -0.39 is 27.9 Å². The second-order valence-electron chi connectivity index (χ2n) is 6.27. The number of aryl methyl sites for hydroxylation is 2. The van der Waals surface area contributed by atoms with Crippen LogP contribution in [0, 0.1) is 19.7 Å². The Bertz CT molecular complexity index is 916. The molecule has 0 bridgehead atoms. The zero-order valence-electron chi connectivity index (χ0n) is 15.2. The van der Waals surface area contributed by atoms with Crippen LogP contribution in [-0.4, -0.2) is 32.5 Å². The van der Waals surface area contributed by atoms with Crippen molar-refractivity contribution in [3.63, 3.8) is 0 Å². The Morgan fingerprint density at radius 1 is 1.15 bits per heavy atom. The number of sulfonamides is 1. The second-order valence-corrected chi connectivity index (χ2v) is 8.04. The third-order valence-electron chi connectivity index (χ3n) is 4.16. The lowest BCUT2D eigenvalue weighted by molar-refractivity contribution is -0.121. The summed E-state index contributed by atoms with van der Waals surface area (Å²) in [4.78, 5) is 12.0. The van der Waals surface area contributed by atoms with Gasteiger partial charge in [-0.05, 0) is 54.8 Å². The van der Waals surface area contributed by atoms with Gasteiger partial charge in [-0.3, -0.25) is 4.79 Å². The van der Waals surface area contributed by atoms with E-state index in [-0.39, 0.29) is 24.4 Å². The van der Waals surface area contributed by atoms with Gasteiger partial charge in [-0.25, -0.2) is 17.5 Å². The topological polar surface area (TPSA) is 95.5 Å². The van der Waals surface area contributed by atoms with Gasteiger partial charge in [0.2, 0.25) is 15.9 Å². The number of amides is 1. The Morgan fingerprint density at radius 3 is 2.56 bits per heavy atom. The second kappa shape index (κ2) is 9.07. The first-order valence-corrected chi connectivity index (χ1v) is 9.94. The molecular weight excluding hydrogens is 371 g/mol. The molecule has 146 valence electrons. The van der Waals surface area contributed by atoms with Crippen molar-refractivity contribution in [1.29, 1.82) is 0 Å². The normalized spacial score (nSPS) is 12.6. The fraction of sp³-hybridized carbons (Fsp3) is 0.316. The quantitative estimate of drug-likeness (QED) is 0.638. The highest BCUT2D eigenvalue weighted by molar-refractivity contribution is 7.89. The number of carbonyl (C=O) groups is 1. The molecule has 3 N–H and O–H groups in total. The van der Waals surface area contributed by atoms with Gasteiger partial charge in [0.25, 0.3) is 0 Å². The van der Waals surface area contributed by atoms with Gasteiger partial charge in [-0.1, -0.05) is 18.2 Å². The van der Waals surface area contributed by atoms with E-state index in [2.05, 4.69) is 10.0 Å². The summed E-state index contributed by atoms with van der Waals surface area (Å²) in [5.74, 6) is -0.896. The van der Waals surface area contributed by atoms with Crippen LogP contribution in [0.15, 0.2) is 47.4 Å². The molecule has 0 aliphatic carbocycles. The maximum atomic E-state index is 13.1. The van der Waals surface area contributed by atoms with E-state index in [1.165, 1.54) is 24.3 Å². The van der Waals surface area contributed by atoms with E-state index in [0.29, 0.717) is 5.56 Å². The molecule has 0 heterocycles. The average Bonchev–Trinajstić information content (AvgIpc) is 2.61. The smallest absolute Gasteiger partial charge is 0.240 e. The molecule has 0 saturated heterocycles. The lowest BCUT2D eigenvalue weighted by Crippen LogP contribution is -2.32. The third kappa shape index (κ3) is 6.13. The largest absolute Gasteiger partial charge is 0.387 e. The van der Waals surface area contributed by atoms with Gasteiger partial charge in [0.05, 0.1) is 11.0 Å². The molecule has 1 unspecified atom stereocenters. The monoisotopic (exact) mass is 394 g/mol. The maximum absolute atomic E-state index is 13.1. The standard InChI is InChI=1S/C19H23FN2O4S/c1-13-6-7-17(10-14(13)2)27(25,26)22-9-8-19(24)21-12-18(23)15-4-3-5-16(20)11-15/h3-7,10-11,18,22-23H,8-9,12H2,1-2H3,(H,21,24). The van der Waals surface area contributed by atoms with Crippen LogP contribution >= 0.6 is 0 Å². The molecule has 2 rings (SSSR count). The molecule has 0 fully saturated rings. The average molecular weight is 394 g/mol. The van der Waals surface area contributed by atoms with Gasteiger partial charge in [-0.2, -0.15) is 0 Å². The molecule has 0 radical (unpaired) electrons. The minimum Gasteiger partial charge on any atom is -0.387 e. The molecule has 2 aromatic carbocycles. The summed E-state index contributed by atoms with van der Waals surface area (Å²) >= 11 is 0. The number of halogens is 1. The number of hydrogen-bond acceptors (Lipinski definition) is 4. The minimum atomic E-state index is -3.70. The van der Waals surface area contributed by atoms with Crippen LogP contribution in [0.5, 0.6) is 0 Å². The van der Waals surface area contributed by atoms with Crippen molar-refractivity contribution in [2.24, 2.45) is 0 Å². The van der Waals surface area contributed by atoms with Crippen molar-refractivity contribution in [1.82, 2.24) is 10.0 Å². The minimum absolute atomic E-state index is 0.0723.